The first-order valence-electron chi connectivity index (χ1n) is 6.97. The second-order valence-electron chi connectivity index (χ2n) is 5.44. The highest BCUT2D eigenvalue weighted by molar-refractivity contribution is 5.82. The van der Waals surface area contributed by atoms with Gasteiger partial charge in [0.25, 0.3) is 0 Å². The summed E-state index contributed by atoms with van der Waals surface area (Å²) in [5, 5.41) is 11.1. The molecule has 108 valence electrons. The Morgan fingerprint density at radius 2 is 1.95 bits per heavy atom. The van der Waals surface area contributed by atoms with Crippen LogP contribution in [0.4, 0.5) is 4.39 Å². The Balaban J connectivity index is 1.94. The van der Waals surface area contributed by atoms with Gasteiger partial charge in [-0.25, -0.2) is 4.39 Å². The molecule has 0 radical (unpaired) electrons. The van der Waals surface area contributed by atoms with E-state index in [1.807, 2.05) is 38.1 Å². The largest absolute Gasteiger partial charge is 0.458 e. The number of fused-ring (bicyclic) bond motifs is 1. The second kappa shape index (κ2) is 5.34. The molecular formula is C18H17FO2. The summed E-state index contributed by atoms with van der Waals surface area (Å²) in [7, 11) is 0. The molecule has 1 aromatic heterocycles. The van der Waals surface area contributed by atoms with E-state index < -0.39 is 6.10 Å². The van der Waals surface area contributed by atoms with Crippen LogP contribution in [0.2, 0.25) is 0 Å². The monoisotopic (exact) mass is 284 g/mol. The highest BCUT2D eigenvalue weighted by Gasteiger charge is 2.19. The molecule has 0 bridgehead atoms. The first-order chi connectivity index (χ1) is 10.0. The molecule has 2 aromatic carbocycles. The fourth-order valence-corrected chi connectivity index (χ4v) is 2.69. The lowest BCUT2D eigenvalue weighted by molar-refractivity contribution is 0.151. The molecule has 0 aliphatic rings. The number of halogens is 1. The Morgan fingerprint density at radius 1 is 1.14 bits per heavy atom. The number of hydrogen-bond acceptors (Lipinski definition) is 2. The van der Waals surface area contributed by atoms with Crippen molar-refractivity contribution >= 4 is 11.0 Å². The highest BCUT2D eigenvalue weighted by Crippen LogP contribution is 2.31. The Kier molecular flexibility index (Phi) is 3.52. The molecule has 21 heavy (non-hydrogen) atoms. The van der Waals surface area contributed by atoms with Crippen LogP contribution in [-0.4, -0.2) is 5.11 Å². The number of hydrogen-bond donors (Lipinski definition) is 1. The number of benzene rings is 2. The fraction of sp³-hybridized carbons (Fsp3) is 0.222. The predicted molar refractivity (Wildman–Crippen MR) is 80.8 cm³/mol. The van der Waals surface area contributed by atoms with E-state index in [0.29, 0.717) is 23.2 Å². The van der Waals surface area contributed by atoms with Gasteiger partial charge in [0.1, 0.15) is 23.3 Å². The number of rotatable bonds is 3. The number of furan rings is 1. The molecule has 1 atom stereocenters. The average molecular weight is 284 g/mol. The summed E-state index contributed by atoms with van der Waals surface area (Å²) in [5.41, 5.74) is 3.61. The highest BCUT2D eigenvalue weighted by atomic mass is 19.1. The van der Waals surface area contributed by atoms with Crippen molar-refractivity contribution in [3.63, 3.8) is 0 Å². The van der Waals surface area contributed by atoms with Crippen LogP contribution in [0, 0.1) is 19.7 Å². The average Bonchev–Trinajstić information content (AvgIpc) is 2.76. The maximum absolute atomic E-state index is 13.3. The lowest BCUT2D eigenvalue weighted by Crippen LogP contribution is -2.02. The number of aryl methyl sites for hydroxylation is 2. The van der Waals surface area contributed by atoms with Crippen LogP contribution in [0.5, 0.6) is 0 Å². The predicted octanol–water partition coefficient (Wildman–Crippen LogP) is 4.46. The third kappa shape index (κ3) is 2.69. The standard InChI is InChI=1S/C18H17FO2/c1-11-4-3-5-13(8-11)9-16(20)18-12(2)15-10-14(19)6-7-17(15)21-18/h3-8,10,16,20H,9H2,1-2H3. The first-order valence-corrected chi connectivity index (χ1v) is 6.97. The first kappa shape index (κ1) is 13.8. The summed E-state index contributed by atoms with van der Waals surface area (Å²) < 4.78 is 19.0. The summed E-state index contributed by atoms with van der Waals surface area (Å²) in [6.45, 7) is 3.87. The van der Waals surface area contributed by atoms with Crippen molar-refractivity contribution in [2.45, 2.75) is 26.4 Å². The third-order valence-corrected chi connectivity index (χ3v) is 3.75. The minimum absolute atomic E-state index is 0.300. The normalized spacial score (nSPS) is 12.8. The van der Waals surface area contributed by atoms with Crippen molar-refractivity contribution in [3.8, 4) is 0 Å². The number of aliphatic hydroxyl groups excluding tert-OH is 1. The van der Waals surface area contributed by atoms with Gasteiger partial charge in [-0.1, -0.05) is 29.8 Å². The molecule has 2 nitrogen and oxygen atoms in total. The van der Waals surface area contributed by atoms with Crippen molar-refractivity contribution in [1.29, 1.82) is 0 Å². The van der Waals surface area contributed by atoms with Crippen molar-refractivity contribution in [2.24, 2.45) is 0 Å². The van der Waals surface area contributed by atoms with E-state index in [1.165, 1.54) is 12.1 Å². The van der Waals surface area contributed by atoms with E-state index in [4.69, 9.17) is 4.42 Å². The Labute approximate surface area is 122 Å². The van der Waals surface area contributed by atoms with Crippen LogP contribution < -0.4 is 0 Å². The molecule has 3 aromatic rings. The minimum Gasteiger partial charge on any atom is -0.458 e. The maximum Gasteiger partial charge on any atom is 0.137 e. The molecule has 3 heteroatoms. The van der Waals surface area contributed by atoms with Crippen LogP contribution in [0.25, 0.3) is 11.0 Å². The third-order valence-electron chi connectivity index (χ3n) is 3.75. The van der Waals surface area contributed by atoms with E-state index in [9.17, 15) is 9.50 Å². The summed E-state index contributed by atoms with van der Waals surface area (Å²) >= 11 is 0. The Morgan fingerprint density at radius 3 is 2.71 bits per heavy atom. The zero-order valence-electron chi connectivity index (χ0n) is 12.1. The van der Waals surface area contributed by atoms with Crippen molar-refractivity contribution < 1.29 is 13.9 Å². The van der Waals surface area contributed by atoms with E-state index in [0.717, 1.165) is 16.7 Å². The molecule has 1 N–H and O–H groups in total. The van der Waals surface area contributed by atoms with E-state index in [1.54, 1.807) is 6.07 Å². The van der Waals surface area contributed by atoms with Crippen LogP contribution in [-0.2, 0) is 6.42 Å². The quantitative estimate of drug-likeness (QED) is 0.770. The SMILES string of the molecule is Cc1cccc(CC(O)c2oc3ccc(F)cc3c2C)c1. The van der Waals surface area contributed by atoms with Gasteiger partial charge in [0.05, 0.1) is 0 Å². The molecule has 0 aliphatic carbocycles. The molecule has 0 spiro atoms. The van der Waals surface area contributed by atoms with Crippen molar-refractivity contribution in [3.05, 3.63) is 70.7 Å². The van der Waals surface area contributed by atoms with Crippen LogP contribution in [0.3, 0.4) is 0 Å². The Hall–Kier alpha value is -2.13. The molecular weight excluding hydrogens is 267 g/mol. The fourth-order valence-electron chi connectivity index (χ4n) is 2.69. The summed E-state index contributed by atoms with van der Waals surface area (Å²) in [4.78, 5) is 0. The molecule has 1 heterocycles. The topological polar surface area (TPSA) is 33.4 Å². The van der Waals surface area contributed by atoms with Gasteiger partial charge in [0, 0.05) is 17.4 Å². The zero-order chi connectivity index (χ0) is 15.0. The summed E-state index contributed by atoms with van der Waals surface area (Å²) in [5.74, 6) is 0.211. The van der Waals surface area contributed by atoms with Gasteiger partial charge < -0.3 is 9.52 Å². The lowest BCUT2D eigenvalue weighted by atomic mass is 10.0. The smallest absolute Gasteiger partial charge is 0.137 e. The Bertz CT molecular complexity index is 789. The second-order valence-corrected chi connectivity index (χ2v) is 5.44. The molecule has 1 unspecified atom stereocenters. The van der Waals surface area contributed by atoms with Crippen LogP contribution in [0.1, 0.15) is 28.6 Å². The summed E-state index contributed by atoms with van der Waals surface area (Å²) in [6, 6.07) is 12.4. The van der Waals surface area contributed by atoms with E-state index in [-0.39, 0.29) is 5.82 Å². The van der Waals surface area contributed by atoms with Gasteiger partial charge in [-0.05, 0) is 37.6 Å². The minimum atomic E-state index is -0.734. The van der Waals surface area contributed by atoms with Gasteiger partial charge in [-0.2, -0.15) is 0 Å². The van der Waals surface area contributed by atoms with Gasteiger partial charge in [-0.15, -0.1) is 0 Å². The molecule has 0 aliphatic heterocycles. The van der Waals surface area contributed by atoms with Gasteiger partial charge in [0.15, 0.2) is 0 Å². The van der Waals surface area contributed by atoms with Crippen LogP contribution >= 0.6 is 0 Å². The van der Waals surface area contributed by atoms with Crippen LogP contribution in [0.15, 0.2) is 46.9 Å². The van der Waals surface area contributed by atoms with Crippen molar-refractivity contribution in [2.75, 3.05) is 0 Å². The van der Waals surface area contributed by atoms with Gasteiger partial charge in [-0.3, -0.25) is 0 Å². The van der Waals surface area contributed by atoms with E-state index in [2.05, 4.69) is 0 Å². The lowest BCUT2D eigenvalue weighted by Gasteiger charge is -2.09. The van der Waals surface area contributed by atoms with E-state index >= 15 is 0 Å². The van der Waals surface area contributed by atoms with Gasteiger partial charge in [0.2, 0.25) is 0 Å². The molecule has 0 fully saturated rings. The number of aliphatic hydroxyl groups is 1. The molecule has 3 rings (SSSR count). The molecule has 0 amide bonds. The molecule has 0 saturated heterocycles. The summed E-state index contributed by atoms with van der Waals surface area (Å²) in [6.07, 6.45) is -0.257. The zero-order valence-corrected chi connectivity index (χ0v) is 12.1. The van der Waals surface area contributed by atoms with Crippen molar-refractivity contribution in [1.82, 2.24) is 0 Å². The maximum atomic E-state index is 13.3. The molecule has 0 saturated carbocycles. The van der Waals surface area contributed by atoms with Gasteiger partial charge >= 0.3 is 0 Å².